The molecule has 0 fully saturated rings. The lowest BCUT2D eigenvalue weighted by molar-refractivity contribution is -0.142. The van der Waals surface area contributed by atoms with Crippen LogP contribution in [-0.4, -0.2) is 32.4 Å². The quantitative estimate of drug-likeness (QED) is 0.241. The predicted molar refractivity (Wildman–Crippen MR) is 116 cm³/mol. The van der Waals surface area contributed by atoms with Crippen molar-refractivity contribution in [2.75, 3.05) is 6.61 Å². The van der Waals surface area contributed by atoms with Crippen molar-refractivity contribution < 1.29 is 13.9 Å². The molecule has 5 nitrogen and oxygen atoms in total. The Labute approximate surface area is 177 Å². The zero-order valence-corrected chi connectivity index (χ0v) is 17.4. The Morgan fingerprint density at radius 2 is 1.87 bits per heavy atom. The van der Waals surface area contributed by atoms with Crippen molar-refractivity contribution in [3.05, 3.63) is 72.9 Å². The van der Waals surface area contributed by atoms with Crippen LogP contribution in [0.2, 0.25) is 0 Å². The second-order valence-electron chi connectivity index (χ2n) is 6.64. The number of ether oxygens (including phenoxy) is 1. The van der Waals surface area contributed by atoms with Gasteiger partial charge >= 0.3 is 5.97 Å². The number of rotatable bonds is 6. The SMILES string of the molecule is CCOC(=O)C(C)Sc1ncnc2c1c(-c1ccccc1)cn2-c1ccc(F)cc1. The molecule has 0 amide bonds. The summed E-state index contributed by atoms with van der Waals surface area (Å²) in [5.41, 5.74) is 3.42. The van der Waals surface area contributed by atoms with Gasteiger partial charge in [0.25, 0.3) is 0 Å². The second-order valence-corrected chi connectivity index (χ2v) is 7.97. The number of esters is 1. The molecule has 0 saturated heterocycles. The summed E-state index contributed by atoms with van der Waals surface area (Å²) in [6.07, 6.45) is 3.46. The number of fused-ring (bicyclic) bond motifs is 1. The third-order valence-corrected chi connectivity index (χ3v) is 5.72. The first-order chi connectivity index (χ1) is 14.6. The maximum absolute atomic E-state index is 13.5. The van der Waals surface area contributed by atoms with E-state index in [2.05, 4.69) is 9.97 Å². The van der Waals surface area contributed by atoms with Gasteiger partial charge in [0.2, 0.25) is 0 Å². The van der Waals surface area contributed by atoms with Crippen molar-refractivity contribution in [3.63, 3.8) is 0 Å². The Morgan fingerprint density at radius 3 is 2.57 bits per heavy atom. The normalized spacial score (nSPS) is 12.1. The molecule has 4 aromatic rings. The molecular weight excluding hydrogens is 401 g/mol. The molecule has 0 spiro atoms. The monoisotopic (exact) mass is 421 g/mol. The molecule has 2 heterocycles. The molecular formula is C23H20FN3O2S. The van der Waals surface area contributed by atoms with E-state index in [9.17, 15) is 9.18 Å². The van der Waals surface area contributed by atoms with Gasteiger partial charge in [-0.25, -0.2) is 14.4 Å². The summed E-state index contributed by atoms with van der Waals surface area (Å²) in [4.78, 5) is 21.1. The van der Waals surface area contributed by atoms with Gasteiger partial charge in [-0.05, 0) is 43.7 Å². The van der Waals surface area contributed by atoms with Crippen molar-refractivity contribution in [2.45, 2.75) is 24.1 Å². The van der Waals surface area contributed by atoms with Gasteiger partial charge in [0.1, 0.15) is 28.1 Å². The van der Waals surface area contributed by atoms with Crippen molar-refractivity contribution in [1.29, 1.82) is 0 Å². The number of carbonyl (C=O) groups is 1. The first kappa shape index (κ1) is 20.1. The average Bonchev–Trinajstić information content (AvgIpc) is 3.16. The van der Waals surface area contributed by atoms with Crippen LogP contribution in [0.5, 0.6) is 0 Å². The molecule has 0 aliphatic rings. The molecule has 0 aliphatic carbocycles. The number of thioether (sulfide) groups is 1. The fourth-order valence-corrected chi connectivity index (χ4v) is 4.16. The summed E-state index contributed by atoms with van der Waals surface area (Å²) in [6.45, 7) is 3.92. The number of nitrogens with zero attached hydrogens (tertiary/aromatic N) is 3. The first-order valence-electron chi connectivity index (χ1n) is 9.59. The summed E-state index contributed by atoms with van der Waals surface area (Å²) < 4.78 is 20.5. The molecule has 7 heteroatoms. The van der Waals surface area contributed by atoms with Gasteiger partial charge in [-0.15, -0.1) is 0 Å². The smallest absolute Gasteiger partial charge is 0.319 e. The van der Waals surface area contributed by atoms with E-state index < -0.39 is 5.25 Å². The Kier molecular flexibility index (Phi) is 5.81. The van der Waals surface area contributed by atoms with E-state index in [0.29, 0.717) is 17.3 Å². The van der Waals surface area contributed by atoms with E-state index in [-0.39, 0.29) is 11.8 Å². The van der Waals surface area contributed by atoms with Crippen LogP contribution in [0, 0.1) is 5.82 Å². The molecule has 0 radical (unpaired) electrons. The van der Waals surface area contributed by atoms with Gasteiger partial charge in [0, 0.05) is 17.4 Å². The van der Waals surface area contributed by atoms with Gasteiger partial charge in [0.05, 0.1) is 12.0 Å². The molecule has 0 saturated carbocycles. The molecule has 1 unspecified atom stereocenters. The lowest BCUT2D eigenvalue weighted by Crippen LogP contribution is -2.16. The molecule has 0 N–H and O–H groups in total. The van der Waals surface area contributed by atoms with Crippen LogP contribution in [-0.2, 0) is 9.53 Å². The molecule has 0 aliphatic heterocycles. The minimum absolute atomic E-state index is 0.284. The third kappa shape index (κ3) is 3.93. The lowest BCUT2D eigenvalue weighted by Gasteiger charge is -2.11. The Morgan fingerprint density at radius 1 is 1.13 bits per heavy atom. The van der Waals surface area contributed by atoms with Gasteiger partial charge in [-0.3, -0.25) is 4.79 Å². The Balaban J connectivity index is 1.89. The number of aromatic nitrogens is 3. The molecule has 2 aromatic carbocycles. The standard InChI is InChI=1S/C23H20FN3O2S/c1-3-29-23(28)15(2)30-22-20-19(16-7-5-4-6-8-16)13-27(21(20)25-14-26-22)18-11-9-17(24)10-12-18/h4-15H,3H2,1-2H3. The van der Waals surface area contributed by atoms with Gasteiger partial charge < -0.3 is 9.30 Å². The summed E-state index contributed by atoms with van der Waals surface area (Å²) in [6, 6.07) is 16.2. The van der Waals surface area contributed by atoms with E-state index in [1.165, 1.54) is 30.2 Å². The minimum Gasteiger partial charge on any atom is -0.465 e. The van der Waals surface area contributed by atoms with Crippen LogP contribution >= 0.6 is 11.8 Å². The lowest BCUT2D eigenvalue weighted by atomic mass is 10.1. The Bertz CT molecular complexity index is 1180. The van der Waals surface area contributed by atoms with E-state index in [1.54, 1.807) is 26.0 Å². The highest BCUT2D eigenvalue weighted by Crippen LogP contribution is 2.38. The fourth-order valence-electron chi connectivity index (χ4n) is 3.23. The minimum atomic E-state index is -0.416. The largest absolute Gasteiger partial charge is 0.465 e. The fraction of sp³-hybridized carbons (Fsp3) is 0.174. The highest BCUT2D eigenvalue weighted by molar-refractivity contribution is 8.00. The van der Waals surface area contributed by atoms with E-state index in [4.69, 9.17) is 4.74 Å². The van der Waals surface area contributed by atoms with E-state index in [1.807, 2.05) is 41.1 Å². The first-order valence-corrected chi connectivity index (χ1v) is 10.5. The highest BCUT2D eigenvalue weighted by Gasteiger charge is 2.22. The van der Waals surface area contributed by atoms with Gasteiger partial charge in [-0.1, -0.05) is 42.1 Å². The highest BCUT2D eigenvalue weighted by atomic mass is 32.2. The van der Waals surface area contributed by atoms with Crippen LogP contribution in [0.25, 0.3) is 27.8 Å². The molecule has 4 rings (SSSR count). The van der Waals surface area contributed by atoms with Crippen LogP contribution in [0.15, 0.2) is 72.1 Å². The molecule has 1 atom stereocenters. The summed E-state index contributed by atoms with van der Waals surface area (Å²) in [5.74, 6) is -0.582. The van der Waals surface area contributed by atoms with Gasteiger partial charge in [-0.2, -0.15) is 0 Å². The molecule has 152 valence electrons. The maximum atomic E-state index is 13.5. The summed E-state index contributed by atoms with van der Waals surface area (Å²) in [7, 11) is 0. The van der Waals surface area contributed by atoms with Crippen molar-refractivity contribution in [3.8, 4) is 16.8 Å². The summed E-state index contributed by atoms with van der Waals surface area (Å²) in [5, 5.41) is 1.12. The number of halogens is 1. The molecule has 0 bridgehead atoms. The Hall–Kier alpha value is -3.19. The zero-order valence-electron chi connectivity index (χ0n) is 16.6. The number of carbonyl (C=O) groups excluding carboxylic acids is 1. The molecule has 2 aromatic heterocycles. The second kappa shape index (κ2) is 8.67. The van der Waals surface area contributed by atoms with Crippen LogP contribution in [0.4, 0.5) is 4.39 Å². The topological polar surface area (TPSA) is 57.0 Å². The van der Waals surface area contributed by atoms with Gasteiger partial charge in [0.15, 0.2) is 0 Å². The maximum Gasteiger partial charge on any atom is 0.319 e. The number of hydrogen-bond donors (Lipinski definition) is 0. The van der Waals surface area contributed by atoms with E-state index in [0.717, 1.165) is 22.2 Å². The van der Waals surface area contributed by atoms with Crippen LogP contribution < -0.4 is 0 Å². The number of benzene rings is 2. The van der Waals surface area contributed by atoms with Crippen LogP contribution in [0.3, 0.4) is 0 Å². The third-order valence-electron chi connectivity index (χ3n) is 4.64. The average molecular weight is 421 g/mol. The predicted octanol–water partition coefficient (Wildman–Crippen LogP) is 5.27. The van der Waals surface area contributed by atoms with E-state index >= 15 is 0 Å². The molecule has 30 heavy (non-hydrogen) atoms. The van der Waals surface area contributed by atoms with Crippen molar-refractivity contribution in [2.24, 2.45) is 0 Å². The van der Waals surface area contributed by atoms with Crippen LogP contribution in [0.1, 0.15) is 13.8 Å². The van der Waals surface area contributed by atoms with Crippen molar-refractivity contribution >= 4 is 28.8 Å². The van der Waals surface area contributed by atoms with Crippen molar-refractivity contribution in [1.82, 2.24) is 14.5 Å². The number of hydrogen-bond acceptors (Lipinski definition) is 5. The summed E-state index contributed by atoms with van der Waals surface area (Å²) >= 11 is 1.34. The zero-order chi connectivity index (χ0) is 21.1.